The number of allylic oxidation sites excluding steroid dienone is 1. The molecule has 2 aliphatic carbocycles. The Morgan fingerprint density at radius 3 is 2.83 bits per heavy atom. The Kier molecular flexibility index (Phi) is 7.08. The summed E-state index contributed by atoms with van der Waals surface area (Å²) in [5.74, 6) is 0.629. The Labute approximate surface area is 211 Å². The zero-order valence-electron chi connectivity index (χ0n) is 20.7. The highest BCUT2D eigenvalue weighted by Gasteiger charge is 2.54. The number of rotatable bonds is 5. The maximum Gasteiger partial charge on any atom is 0.407 e. The first-order chi connectivity index (χ1) is 17.4. The number of ether oxygens (including phenoxy) is 2. The van der Waals surface area contributed by atoms with Gasteiger partial charge in [-0.3, -0.25) is 9.78 Å². The largest absolute Gasteiger partial charge is 0.462 e. The lowest BCUT2D eigenvalue weighted by Gasteiger charge is -2.47. The summed E-state index contributed by atoms with van der Waals surface area (Å²) in [5, 5.41) is 3.00. The predicted octanol–water partition coefficient (Wildman–Crippen LogP) is 5.63. The van der Waals surface area contributed by atoms with Crippen LogP contribution in [0.15, 0.2) is 48.7 Å². The number of aromatic nitrogens is 1. The number of hydrogen-bond donors (Lipinski definition) is 1. The molecule has 2 saturated carbocycles. The second kappa shape index (κ2) is 10.4. The lowest BCUT2D eigenvalue weighted by molar-refractivity contribution is -0.144. The molecule has 1 aliphatic heterocycles. The molecule has 1 amide bonds. The fourth-order valence-corrected chi connectivity index (χ4v) is 6.64. The first-order valence-corrected chi connectivity index (χ1v) is 13.0. The van der Waals surface area contributed by atoms with Gasteiger partial charge in [0.25, 0.3) is 0 Å². The Balaban J connectivity index is 1.34. The van der Waals surface area contributed by atoms with Crippen molar-refractivity contribution >= 4 is 18.1 Å². The van der Waals surface area contributed by atoms with Crippen LogP contribution in [0.4, 0.5) is 9.18 Å². The quantitative estimate of drug-likeness (QED) is 0.548. The molecule has 6 nitrogen and oxygen atoms in total. The summed E-state index contributed by atoms with van der Waals surface area (Å²) in [6.07, 6.45) is 9.07. The van der Waals surface area contributed by atoms with E-state index in [1.165, 1.54) is 12.1 Å². The lowest BCUT2D eigenvalue weighted by Crippen LogP contribution is -2.48. The maximum absolute atomic E-state index is 13.6. The molecule has 3 aliphatic rings. The van der Waals surface area contributed by atoms with Gasteiger partial charge in [0.1, 0.15) is 11.9 Å². The van der Waals surface area contributed by atoms with Crippen LogP contribution in [0.5, 0.6) is 0 Å². The fraction of sp³-hybridized carbons (Fsp3) is 0.483. The van der Waals surface area contributed by atoms with Crippen LogP contribution >= 0.6 is 0 Å². The molecule has 3 fully saturated rings. The van der Waals surface area contributed by atoms with Crippen molar-refractivity contribution in [1.29, 1.82) is 0 Å². The van der Waals surface area contributed by atoms with Crippen LogP contribution in [0.2, 0.25) is 0 Å². The Morgan fingerprint density at radius 2 is 2.08 bits per heavy atom. The molecule has 1 aromatic heterocycles. The number of esters is 1. The molecule has 1 saturated heterocycles. The minimum atomic E-state index is -0.368. The normalized spacial score (nSPS) is 31.4. The average Bonchev–Trinajstić information content (AvgIpc) is 3.15. The molecule has 1 aromatic carbocycles. The number of nitrogens with zero attached hydrogens (tertiary/aromatic N) is 1. The number of benzene rings is 1. The standard InChI is InChI=1S/C29H33FN2O4/c1-3-35-29(34)32-23-10-11-24-20(14-23)15-26-27(17(2)36-28(26)33)25(24)12-9-22-8-7-19(16-31-22)18-5-4-6-21(30)13-18/h4-9,12-13,16-17,20,23-27H,3,10-11,14-15H2,1-2H3,(H,32,34)/t17-,20-,23-,24-,25-,26+,27-/m1/s1. The monoisotopic (exact) mass is 492 g/mol. The van der Waals surface area contributed by atoms with Crippen molar-refractivity contribution in [3.8, 4) is 11.1 Å². The molecule has 1 N–H and O–H groups in total. The predicted molar refractivity (Wildman–Crippen MR) is 134 cm³/mol. The molecule has 7 atom stereocenters. The summed E-state index contributed by atoms with van der Waals surface area (Å²) in [5.41, 5.74) is 2.48. The van der Waals surface area contributed by atoms with Crippen molar-refractivity contribution in [3.05, 3.63) is 60.2 Å². The van der Waals surface area contributed by atoms with Gasteiger partial charge in [-0.1, -0.05) is 24.3 Å². The van der Waals surface area contributed by atoms with Gasteiger partial charge in [-0.05, 0) is 87.1 Å². The van der Waals surface area contributed by atoms with Gasteiger partial charge in [0.05, 0.1) is 18.2 Å². The summed E-state index contributed by atoms with van der Waals surface area (Å²) in [4.78, 5) is 29.2. The topological polar surface area (TPSA) is 77.5 Å². The molecular weight excluding hydrogens is 459 g/mol. The minimum Gasteiger partial charge on any atom is -0.462 e. The summed E-state index contributed by atoms with van der Waals surface area (Å²) < 4.78 is 24.3. The van der Waals surface area contributed by atoms with Gasteiger partial charge in [0, 0.05) is 23.7 Å². The number of amides is 1. The van der Waals surface area contributed by atoms with E-state index in [-0.39, 0.29) is 47.8 Å². The van der Waals surface area contributed by atoms with E-state index in [1.54, 1.807) is 19.2 Å². The molecule has 2 aromatic rings. The summed E-state index contributed by atoms with van der Waals surface area (Å²) >= 11 is 0. The Hall–Kier alpha value is -3.22. The molecule has 36 heavy (non-hydrogen) atoms. The fourth-order valence-electron chi connectivity index (χ4n) is 6.64. The van der Waals surface area contributed by atoms with Crippen LogP contribution in [0.1, 0.15) is 45.2 Å². The number of alkyl carbamates (subject to hydrolysis) is 1. The van der Waals surface area contributed by atoms with E-state index in [1.807, 2.05) is 31.2 Å². The highest BCUT2D eigenvalue weighted by molar-refractivity contribution is 5.75. The highest BCUT2D eigenvalue weighted by atomic mass is 19.1. The van der Waals surface area contributed by atoms with Crippen LogP contribution in [-0.4, -0.2) is 35.8 Å². The van der Waals surface area contributed by atoms with Crippen LogP contribution in [0.25, 0.3) is 17.2 Å². The Bertz CT molecular complexity index is 1130. The summed E-state index contributed by atoms with van der Waals surface area (Å²) in [6, 6.07) is 10.4. The molecule has 0 radical (unpaired) electrons. The zero-order valence-corrected chi connectivity index (χ0v) is 20.7. The van der Waals surface area contributed by atoms with E-state index in [0.717, 1.165) is 42.5 Å². The van der Waals surface area contributed by atoms with E-state index in [2.05, 4.69) is 16.4 Å². The first kappa shape index (κ1) is 24.5. The van der Waals surface area contributed by atoms with Crippen molar-refractivity contribution in [2.75, 3.05) is 6.61 Å². The van der Waals surface area contributed by atoms with Crippen LogP contribution in [0.3, 0.4) is 0 Å². The molecule has 190 valence electrons. The summed E-state index contributed by atoms with van der Waals surface area (Å²) in [7, 11) is 0. The zero-order chi connectivity index (χ0) is 25.2. The lowest BCUT2D eigenvalue weighted by atomic mass is 9.57. The van der Waals surface area contributed by atoms with E-state index in [0.29, 0.717) is 18.4 Å². The van der Waals surface area contributed by atoms with E-state index in [4.69, 9.17) is 9.47 Å². The third kappa shape index (κ3) is 5.01. The van der Waals surface area contributed by atoms with Crippen molar-refractivity contribution < 1.29 is 23.5 Å². The van der Waals surface area contributed by atoms with Gasteiger partial charge < -0.3 is 14.8 Å². The van der Waals surface area contributed by atoms with Crippen molar-refractivity contribution in [2.24, 2.45) is 29.6 Å². The van der Waals surface area contributed by atoms with Gasteiger partial charge >= 0.3 is 12.1 Å². The number of pyridine rings is 1. The third-order valence-electron chi connectivity index (χ3n) is 8.18. The SMILES string of the molecule is CCOC(=O)N[C@@H]1CC[C@@H]2[C@H](C1)C[C@@H]1C(=O)O[C@H](C)[C@@H]1[C@@H]2C=Cc1ccc(-c2cccc(F)c2)cn1. The minimum absolute atomic E-state index is 0.0679. The number of halogens is 1. The molecule has 0 unspecified atom stereocenters. The number of cyclic esters (lactones) is 1. The van der Waals surface area contributed by atoms with Gasteiger partial charge in [-0.2, -0.15) is 0 Å². The van der Waals surface area contributed by atoms with Gasteiger partial charge in [-0.25, -0.2) is 9.18 Å². The molecule has 7 heteroatoms. The van der Waals surface area contributed by atoms with Gasteiger partial charge in [0.2, 0.25) is 0 Å². The molecule has 0 spiro atoms. The maximum atomic E-state index is 13.6. The number of nitrogens with one attached hydrogen (secondary N) is 1. The Morgan fingerprint density at radius 1 is 1.22 bits per heavy atom. The van der Waals surface area contributed by atoms with E-state index >= 15 is 0 Å². The number of hydrogen-bond acceptors (Lipinski definition) is 5. The average molecular weight is 493 g/mol. The van der Waals surface area contributed by atoms with Crippen molar-refractivity contribution in [2.45, 2.75) is 51.7 Å². The smallest absolute Gasteiger partial charge is 0.407 e. The number of carbonyl (C=O) groups excluding carboxylic acids is 2. The second-order valence-corrected chi connectivity index (χ2v) is 10.3. The van der Waals surface area contributed by atoms with Crippen LogP contribution < -0.4 is 5.32 Å². The van der Waals surface area contributed by atoms with Gasteiger partial charge in [-0.15, -0.1) is 0 Å². The number of fused-ring (bicyclic) bond motifs is 2. The number of carbonyl (C=O) groups is 2. The molecule has 5 rings (SSSR count). The van der Waals surface area contributed by atoms with Crippen molar-refractivity contribution in [3.63, 3.8) is 0 Å². The van der Waals surface area contributed by atoms with E-state index in [9.17, 15) is 14.0 Å². The van der Waals surface area contributed by atoms with Crippen molar-refractivity contribution in [1.82, 2.24) is 10.3 Å². The first-order valence-electron chi connectivity index (χ1n) is 13.0. The third-order valence-corrected chi connectivity index (χ3v) is 8.18. The van der Waals surface area contributed by atoms with Crippen LogP contribution in [0, 0.1) is 35.4 Å². The highest BCUT2D eigenvalue weighted by Crippen LogP contribution is 2.53. The molecule has 0 bridgehead atoms. The van der Waals surface area contributed by atoms with E-state index < -0.39 is 0 Å². The molecular formula is C29H33FN2O4. The van der Waals surface area contributed by atoms with Crippen LogP contribution in [-0.2, 0) is 14.3 Å². The van der Waals surface area contributed by atoms with Gasteiger partial charge in [0.15, 0.2) is 0 Å². The summed E-state index contributed by atoms with van der Waals surface area (Å²) in [6.45, 7) is 4.15. The second-order valence-electron chi connectivity index (χ2n) is 10.3. The molecule has 2 heterocycles.